The van der Waals surface area contributed by atoms with Crippen molar-refractivity contribution in [1.29, 1.82) is 0 Å². The minimum atomic E-state index is -1.22. The van der Waals surface area contributed by atoms with Gasteiger partial charge in [0.15, 0.2) is 6.04 Å². The van der Waals surface area contributed by atoms with Gasteiger partial charge in [-0.2, -0.15) is 0 Å². The number of β-lactam (4-membered cyclic amide) rings is 1. The summed E-state index contributed by atoms with van der Waals surface area (Å²) >= 11 is 6.32. The monoisotopic (exact) mass is 510 g/mol. The molecule has 7 nitrogen and oxygen atoms in total. The highest BCUT2D eigenvalue weighted by atomic mass is 79.9. The number of phenolic OH excluding ortho intramolecular Hbond substituents is 1. The number of nitrogens with zero attached hydrogens (tertiary/aromatic N) is 1. The molecular weight excluding hydrogens is 496 g/mol. The van der Waals surface area contributed by atoms with Crippen molar-refractivity contribution < 1.29 is 24.6 Å². The first-order valence-electron chi connectivity index (χ1n) is 8.32. The summed E-state index contributed by atoms with van der Waals surface area (Å²) in [7, 11) is 0. The molecule has 9 heteroatoms. The molecule has 0 aliphatic carbocycles. The zero-order valence-electron chi connectivity index (χ0n) is 14.4. The van der Waals surface area contributed by atoms with Crippen LogP contribution in [0.1, 0.15) is 17.2 Å². The second-order valence-electron chi connectivity index (χ2n) is 6.35. The van der Waals surface area contributed by atoms with Crippen molar-refractivity contribution in [2.45, 2.75) is 18.5 Å². The third-order valence-electron chi connectivity index (χ3n) is 4.40. The molecule has 2 amide bonds. The van der Waals surface area contributed by atoms with E-state index in [2.05, 4.69) is 37.2 Å². The molecule has 0 saturated carbocycles. The van der Waals surface area contributed by atoms with Crippen LogP contribution >= 0.6 is 31.9 Å². The first kappa shape index (κ1) is 20.3. The Morgan fingerprint density at radius 2 is 1.79 bits per heavy atom. The van der Waals surface area contributed by atoms with Crippen molar-refractivity contribution in [2.24, 2.45) is 0 Å². The first-order chi connectivity index (χ1) is 13.3. The zero-order valence-corrected chi connectivity index (χ0v) is 17.6. The summed E-state index contributed by atoms with van der Waals surface area (Å²) in [5.74, 6) is -2.03. The molecule has 0 radical (unpaired) electrons. The summed E-state index contributed by atoms with van der Waals surface area (Å²) in [6, 6.07) is 10.1. The Balaban J connectivity index is 1.68. The lowest BCUT2D eigenvalue weighted by Crippen LogP contribution is -2.65. The lowest BCUT2D eigenvalue weighted by molar-refractivity contribution is -0.160. The van der Waals surface area contributed by atoms with Gasteiger partial charge in [0.25, 0.3) is 0 Å². The Labute approximate surface area is 177 Å². The highest BCUT2D eigenvalue weighted by Crippen LogP contribution is 2.37. The highest BCUT2D eigenvalue weighted by molar-refractivity contribution is 9.11. The largest absolute Gasteiger partial charge is 0.506 e. The van der Waals surface area contributed by atoms with E-state index in [-0.39, 0.29) is 24.6 Å². The maximum Gasteiger partial charge on any atom is 0.331 e. The van der Waals surface area contributed by atoms with Gasteiger partial charge in [-0.25, -0.2) is 4.79 Å². The maximum atomic E-state index is 12.5. The molecule has 0 spiro atoms. The number of carbonyl (C=O) groups excluding carboxylic acids is 2. The Morgan fingerprint density at radius 1 is 1.18 bits per heavy atom. The van der Waals surface area contributed by atoms with Crippen LogP contribution in [0, 0.1) is 0 Å². The molecule has 1 fully saturated rings. The van der Waals surface area contributed by atoms with E-state index >= 15 is 0 Å². The van der Waals surface area contributed by atoms with Crippen LogP contribution in [-0.4, -0.2) is 45.5 Å². The zero-order chi connectivity index (χ0) is 20.4. The topological polar surface area (TPSA) is 107 Å². The fourth-order valence-electron chi connectivity index (χ4n) is 3.02. The molecule has 146 valence electrons. The molecule has 0 bridgehead atoms. The molecule has 2 unspecified atom stereocenters. The van der Waals surface area contributed by atoms with Crippen LogP contribution in [0.4, 0.5) is 0 Å². The lowest BCUT2D eigenvalue weighted by atomic mass is 9.98. The number of amides is 2. The van der Waals surface area contributed by atoms with Gasteiger partial charge >= 0.3 is 5.97 Å². The average molecular weight is 512 g/mol. The highest BCUT2D eigenvalue weighted by Gasteiger charge is 2.45. The summed E-state index contributed by atoms with van der Waals surface area (Å²) in [4.78, 5) is 37.6. The second-order valence-corrected chi connectivity index (χ2v) is 8.06. The molecule has 1 heterocycles. The summed E-state index contributed by atoms with van der Waals surface area (Å²) in [5, 5.41) is 22.1. The quantitative estimate of drug-likeness (QED) is 0.517. The van der Waals surface area contributed by atoms with Crippen LogP contribution < -0.4 is 5.32 Å². The number of halogens is 2. The normalized spacial score (nSPS) is 17.0. The maximum absolute atomic E-state index is 12.5. The van der Waals surface area contributed by atoms with Crippen LogP contribution in [0.25, 0.3) is 0 Å². The van der Waals surface area contributed by atoms with Crippen molar-refractivity contribution in [3.63, 3.8) is 0 Å². The van der Waals surface area contributed by atoms with E-state index in [9.17, 15) is 24.6 Å². The van der Waals surface area contributed by atoms with E-state index in [0.717, 1.165) is 5.56 Å². The van der Waals surface area contributed by atoms with Crippen molar-refractivity contribution in [3.05, 3.63) is 62.5 Å². The van der Waals surface area contributed by atoms with Crippen molar-refractivity contribution in [2.75, 3.05) is 6.54 Å². The van der Waals surface area contributed by atoms with Gasteiger partial charge in [0.1, 0.15) is 11.8 Å². The van der Waals surface area contributed by atoms with E-state index < -0.39 is 24.0 Å². The molecule has 3 rings (SSSR count). The van der Waals surface area contributed by atoms with Crippen LogP contribution in [0.5, 0.6) is 5.75 Å². The van der Waals surface area contributed by atoms with E-state index in [1.807, 2.05) is 30.3 Å². The number of rotatable bonds is 6. The van der Waals surface area contributed by atoms with E-state index in [1.165, 1.54) is 17.0 Å². The van der Waals surface area contributed by atoms with Crippen molar-refractivity contribution >= 4 is 49.6 Å². The summed E-state index contributed by atoms with van der Waals surface area (Å²) in [5.41, 5.74) is 1.15. The number of phenols is 1. The number of carboxylic acid groups (broad SMARTS) is 1. The number of aliphatic carboxylic acids is 1. The van der Waals surface area contributed by atoms with Gasteiger partial charge in [0, 0.05) is 0 Å². The fraction of sp³-hybridized carbons (Fsp3) is 0.211. The Hall–Kier alpha value is -2.39. The van der Waals surface area contributed by atoms with Gasteiger partial charge in [-0.05, 0) is 55.1 Å². The molecule has 1 aliphatic rings. The van der Waals surface area contributed by atoms with Crippen LogP contribution in [-0.2, 0) is 20.8 Å². The van der Waals surface area contributed by atoms with Gasteiger partial charge in [0.2, 0.25) is 11.8 Å². The van der Waals surface area contributed by atoms with Gasteiger partial charge in [-0.3, -0.25) is 9.59 Å². The number of carbonyl (C=O) groups is 3. The number of likely N-dealkylation sites (tertiary alicyclic amines) is 1. The van der Waals surface area contributed by atoms with E-state index in [1.54, 1.807) is 0 Å². The standard InChI is InChI=1S/C19H16Br2N2O5/c20-12-7-11(8-13(21)17(12)25)16(19(27)28)23-9-14(18(23)26)22-15(24)6-10-4-2-1-3-5-10/h1-5,7-8,14,16,25H,6,9H2,(H,22,24)(H,27,28). The van der Waals surface area contributed by atoms with Gasteiger partial charge < -0.3 is 20.4 Å². The minimum absolute atomic E-state index is 0.0612. The molecular formula is C19H16Br2N2O5. The molecule has 2 aromatic carbocycles. The van der Waals surface area contributed by atoms with E-state index in [4.69, 9.17) is 0 Å². The molecule has 1 aliphatic heterocycles. The van der Waals surface area contributed by atoms with Crippen molar-refractivity contribution in [3.8, 4) is 5.75 Å². The number of hydrogen-bond acceptors (Lipinski definition) is 4. The fourth-order valence-corrected chi connectivity index (χ4v) is 4.24. The number of aromatic hydroxyl groups is 1. The SMILES string of the molecule is O=C(Cc1ccccc1)NC1CN(C(C(=O)O)c2cc(Br)c(O)c(Br)c2)C1=O. The third kappa shape index (κ3) is 4.20. The second kappa shape index (κ2) is 8.32. The average Bonchev–Trinajstić information content (AvgIpc) is 2.65. The van der Waals surface area contributed by atoms with Crippen LogP contribution in [0.15, 0.2) is 51.4 Å². The predicted molar refractivity (Wildman–Crippen MR) is 108 cm³/mol. The Bertz CT molecular complexity index is 912. The predicted octanol–water partition coefficient (Wildman–Crippen LogP) is 2.61. The summed E-state index contributed by atoms with van der Waals surface area (Å²) in [6.45, 7) is 0.0897. The van der Waals surface area contributed by atoms with Crippen LogP contribution in [0.2, 0.25) is 0 Å². The molecule has 3 N–H and O–H groups in total. The third-order valence-corrected chi connectivity index (χ3v) is 5.61. The molecule has 2 atom stereocenters. The molecule has 0 aromatic heterocycles. The van der Waals surface area contributed by atoms with Crippen LogP contribution in [0.3, 0.4) is 0 Å². The number of carboxylic acids is 1. The van der Waals surface area contributed by atoms with Crippen molar-refractivity contribution in [1.82, 2.24) is 10.2 Å². The number of hydrogen-bond donors (Lipinski definition) is 3. The van der Waals surface area contributed by atoms with Gasteiger partial charge in [-0.1, -0.05) is 30.3 Å². The van der Waals surface area contributed by atoms with Gasteiger partial charge in [0.05, 0.1) is 21.9 Å². The van der Waals surface area contributed by atoms with Gasteiger partial charge in [-0.15, -0.1) is 0 Å². The lowest BCUT2D eigenvalue weighted by Gasteiger charge is -2.42. The molecule has 1 saturated heterocycles. The Kier molecular flexibility index (Phi) is 6.04. The molecule has 28 heavy (non-hydrogen) atoms. The summed E-state index contributed by atoms with van der Waals surface area (Å²) < 4.78 is 0.618. The summed E-state index contributed by atoms with van der Waals surface area (Å²) in [6.07, 6.45) is 0.144. The number of nitrogens with one attached hydrogen (secondary N) is 1. The minimum Gasteiger partial charge on any atom is -0.506 e. The smallest absolute Gasteiger partial charge is 0.331 e. The number of benzene rings is 2. The molecule has 2 aromatic rings. The first-order valence-corrected chi connectivity index (χ1v) is 9.91. The Morgan fingerprint density at radius 3 is 2.32 bits per heavy atom. The van der Waals surface area contributed by atoms with E-state index in [0.29, 0.717) is 14.5 Å².